The van der Waals surface area contributed by atoms with E-state index in [1.165, 1.54) is 0 Å². The number of hydrogen-bond donors (Lipinski definition) is 2. The van der Waals surface area contributed by atoms with Crippen molar-refractivity contribution in [2.24, 2.45) is 23.7 Å². The predicted octanol–water partition coefficient (Wildman–Crippen LogP) is 5.07. The van der Waals surface area contributed by atoms with E-state index in [4.69, 9.17) is 9.47 Å². The molecule has 0 fully saturated rings. The molecule has 7 heteroatoms. The molecule has 0 aliphatic heterocycles. The maximum absolute atomic E-state index is 12.9. The molecule has 5 atom stereocenters. The van der Waals surface area contributed by atoms with Crippen LogP contribution in [0.5, 0.6) is 0 Å². The van der Waals surface area contributed by atoms with Gasteiger partial charge in [-0.1, -0.05) is 41.0 Å². The van der Waals surface area contributed by atoms with Gasteiger partial charge in [-0.05, 0) is 71.6 Å². The van der Waals surface area contributed by atoms with Crippen molar-refractivity contribution >= 4 is 18.0 Å². The summed E-state index contributed by atoms with van der Waals surface area (Å²) >= 11 is 0. The number of carbonyl (C=O) groups is 3. The van der Waals surface area contributed by atoms with Gasteiger partial charge in [0.1, 0.15) is 17.2 Å². The van der Waals surface area contributed by atoms with Gasteiger partial charge in [-0.15, -0.1) is 0 Å². The first-order valence-corrected chi connectivity index (χ1v) is 12.0. The third-order valence-electron chi connectivity index (χ3n) is 5.93. The maximum atomic E-state index is 12.9. The number of ether oxygens (including phenoxy) is 2. The molecule has 7 nitrogen and oxygen atoms in total. The Bertz CT molecular complexity index is 606. The minimum atomic E-state index is -0.883. The second-order valence-corrected chi connectivity index (χ2v) is 11.2. The fourth-order valence-electron chi connectivity index (χ4n) is 3.35. The number of hydrogen-bond acceptors (Lipinski definition) is 5. The number of nitrogens with one attached hydrogen (secondary N) is 2. The van der Waals surface area contributed by atoms with E-state index in [1.807, 2.05) is 0 Å². The van der Waals surface area contributed by atoms with Gasteiger partial charge in [0.15, 0.2) is 0 Å². The van der Waals surface area contributed by atoms with E-state index >= 15 is 0 Å². The van der Waals surface area contributed by atoms with Crippen LogP contribution >= 0.6 is 0 Å². The standard InChI is InChI=1S/C25H48N2O5/c1-12-16(2)18(4)19(5)17(3)15-26-22(29)20(27-23(30)32-25(9,10)11)13-14-21(28)31-24(6,7)8/h16-20H,12-15H2,1-11H3,(H,26,29)(H,27,30)/t16-,17+,18-,19-,20-/m0/s1. The van der Waals surface area contributed by atoms with Crippen molar-refractivity contribution in [3.8, 4) is 0 Å². The van der Waals surface area contributed by atoms with E-state index in [9.17, 15) is 14.4 Å². The largest absolute Gasteiger partial charge is 0.460 e. The lowest BCUT2D eigenvalue weighted by molar-refractivity contribution is -0.155. The van der Waals surface area contributed by atoms with Crippen LogP contribution in [0.15, 0.2) is 0 Å². The topological polar surface area (TPSA) is 93.7 Å². The minimum Gasteiger partial charge on any atom is -0.460 e. The highest BCUT2D eigenvalue weighted by molar-refractivity contribution is 5.86. The third-order valence-corrected chi connectivity index (χ3v) is 5.93. The fourth-order valence-corrected chi connectivity index (χ4v) is 3.35. The van der Waals surface area contributed by atoms with Crippen molar-refractivity contribution in [3.05, 3.63) is 0 Å². The number of carbonyl (C=O) groups excluding carboxylic acids is 3. The molecule has 0 aromatic rings. The number of rotatable bonds is 11. The first-order valence-electron chi connectivity index (χ1n) is 12.0. The minimum absolute atomic E-state index is 0.0160. The average Bonchev–Trinajstić information content (AvgIpc) is 2.64. The molecule has 0 aromatic carbocycles. The molecule has 0 heterocycles. The molecule has 32 heavy (non-hydrogen) atoms. The van der Waals surface area contributed by atoms with E-state index in [2.05, 4.69) is 45.3 Å². The highest BCUT2D eigenvalue weighted by Gasteiger charge is 2.28. The van der Waals surface area contributed by atoms with Gasteiger partial charge in [-0.25, -0.2) is 4.79 Å². The second kappa shape index (κ2) is 13.0. The summed E-state index contributed by atoms with van der Waals surface area (Å²) in [6.45, 7) is 22.2. The zero-order chi connectivity index (χ0) is 25.3. The summed E-state index contributed by atoms with van der Waals surface area (Å²) in [7, 11) is 0. The Balaban J connectivity index is 5.08. The molecule has 0 saturated heterocycles. The molecule has 0 aliphatic carbocycles. The van der Waals surface area contributed by atoms with Crippen LogP contribution in [-0.2, 0) is 19.1 Å². The molecule has 0 spiro atoms. The predicted molar refractivity (Wildman–Crippen MR) is 128 cm³/mol. The van der Waals surface area contributed by atoms with Crippen LogP contribution in [0.1, 0.15) is 95.4 Å². The zero-order valence-electron chi connectivity index (χ0n) is 22.3. The van der Waals surface area contributed by atoms with Crippen LogP contribution < -0.4 is 10.6 Å². The summed E-state index contributed by atoms with van der Waals surface area (Å²) in [6, 6.07) is -0.883. The van der Waals surface area contributed by atoms with Crippen LogP contribution in [0, 0.1) is 23.7 Å². The molecule has 0 rings (SSSR count). The Morgan fingerprint density at radius 3 is 1.78 bits per heavy atom. The SMILES string of the molecule is CC[C@H](C)[C@H](C)[C@@H](C)[C@H](C)CNC(=O)[C@H](CCC(=O)OC(C)(C)C)NC(=O)OC(C)(C)C. The van der Waals surface area contributed by atoms with Crippen LogP contribution in [-0.4, -0.2) is 41.8 Å². The number of amides is 2. The Kier molecular flexibility index (Phi) is 12.3. The van der Waals surface area contributed by atoms with Gasteiger partial charge in [0.25, 0.3) is 0 Å². The summed E-state index contributed by atoms with van der Waals surface area (Å²) in [5, 5.41) is 5.57. The smallest absolute Gasteiger partial charge is 0.408 e. The van der Waals surface area contributed by atoms with E-state index in [-0.39, 0.29) is 24.7 Å². The molecule has 188 valence electrons. The third kappa shape index (κ3) is 12.9. The van der Waals surface area contributed by atoms with E-state index in [0.29, 0.717) is 24.3 Å². The van der Waals surface area contributed by atoms with E-state index in [0.717, 1.165) is 6.42 Å². The molecule has 0 radical (unpaired) electrons. The lowest BCUT2D eigenvalue weighted by atomic mass is 9.77. The molecule has 0 bridgehead atoms. The molecule has 0 saturated carbocycles. The van der Waals surface area contributed by atoms with Gasteiger partial charge >= 0.3 is 12.1 Å². The molecule has 0 aromatic heterocycles. The van der Waals surface area contributed by atoms with Crippen LogP contribution in [0.3, 0.4) is 0 Å². The summed E-state index contributed by atoms with van der Waals surface area (Å²) < 4.78 is 10.6. The maximum Gasteiger partial charge on any atom is 0.408 e. The van der Waals surface area contributed by atoms with Gasteiger partial charge in [0.2, 0.25) is 5.91 Å². The lowest BCUT2D eigenvalue weighted by Crippen LogP contribution is -2.49. The summed E-state index contributed by atoms with van der Waals surface area (Å²) in [5.41, 5.74) is -1.29. The highest BCUT2D eigenvalue weighted by atomic mass is 16.6. The molecule has 0 aliphatic rings. The van der Waals surface area contributed by atoms with Gasteiger partial charge in [0.05, 0.1) is 0 Å². The van der Waals surface area contributed by atoms with Gasteiger partial charge in [0, 0.05) is 13.0 Å². The molecule has 2 N–H and O–H groups in total. The normalized spacial score (nSPS) is 16.8. The van der Waals surface area contributed by atoms with Crippen LogP contribution in [0.4, 0.5) is 4.79 Å². The van der Waals surface area contributed by atoms with Crippen molar-refractivity contribution in [2.45, 2.75) is 113 Å². The summed E-state index contributed by atoms with van der Waals surface area (Å²) in [5.74, 6) is 1.12. The van der Waals surface area contributed by atoms with Crippen molar-refractivity contribution in [2.75, 3.05) is 6.54 Å². The highest BCUT2D eigenvalue weighted by Crippen LogP contribution is 2.28. The van der Waals surface area contributed by atoms with E-state index in [1.54, 1.807) is 41.5 Å². The Morgan fingerprint density at radius 1 is 0.812 bits per heavy atom. The first kappa shape index (κ1) is 30.2. The monoisotopic (exact) mass is 456 g/mol. The summed E-state index contributed by atoms with van der Waals surface area (Å²) in [6.07, 6.45) is 0.584. The van der Waals surface area contributed by atoms with Crippen LogP contribution in [0.25, 0.3) is 0 Å². The fraction of sp³-hybridized carbons (Fsp3) is 0.880. The molecule has 0 unspecified atom stereocenters. The number of esters is 1. The van der Waals surface area contributed by atoms with Gasteiger partial charge in [-0.2, -0.15) is 0 Å². The first-order chi connectivity index (χ1) is 14.5. The van der Waals surface area contributed by atoms with Gasteiger partial charge in [-0.3, -0.25) is 9.59 Å². The molecule has 2 amide bonds. The Morgan fingerprint density at radius 2 is 1.31 bits per heavy atom. The van der Waals surface area contributed by atoms with Gasteiger partial charge < -0.3 is 20.1 Å². The lowest BCUT2D eigenvalue weighted by Gasteiger charge is -2.31. The zero-order valence-corrected chi connectivity index (χ0v) is 22.3. The van der Waals surface area contributed by atoms with Crippen LogP contribution in [0.2, 0.25) is 0 Å². The van der Waals surface area contributed by atoms with E-state index < -0.39 is 29.3 Å². The van der Waals surface area contributed by atoms with Crippen molar-refractivity contribution in [1.29, 1.82) is 0 Å². The molecular formula is C25H48N2O5. The quantitative estimate of drug-likeness (QED) is 0.423. The Labute approximate surface area is 195 Å². The second-order valence-electron chi connectivity index (χ2n) is 11.2. The summed E-state index contributed by atoms with van der Waals surface area (Å²) in [4.78, 5) is 37.3. The average molecular weight is 457 g/mol. The number of alkyl carbamates (subject to hydrolysis) is 1. The van der Waals surface area contributed by atoms with Crippen molar-refractivity contribution < 1.29 is 23.9 Å². The Hall–Kier alpha value is -1.79. The van der Waals surface area contributed by atoms with Crippen molar-refractivity contribution in [3.63, 3.8) is 0 Å². The molecular weight excluding hydrogens is 408 g/mol. The van der Waals surface area contributed by atoms with Crippen molar-refractivity contribution in [1.82, 2.24) is 10.6 Å².